The molecule has 20 heteroatoms. The Labute approximate surface area is 556 Å². The Morgan fingerprint density at radius 3 is 1.02 bits per heavy atom. The van der Waals surface area contributed by atoms with E-state index >= 15 is 0 Å². The molecule has 0 heterocycles. The van der Waals surface area contributed by atoms with Gasteiger partial charge in [0.2, 0.25) is 0 Å². The molecule has 2 N–H and O–H groups in total. The number of halogens is 2. The van der Waals surface area contributed by atoms with Gasteiger partial charge in [-0.1, -0.05) is 141 Å². The van der Waals surface area contributed by atoms with E-state index in [1.807, 2.05) is 66.7 Å². The van der Waals surface area contributed by atoms with Crippen LogP contribution in [0.1, 0.15) is 128 Å². The number of nitrogen functional groups attached to an aromatic ring is 1. The molecule has 84 heavy (non-hydrogen) atoms. The van der Waals surface area contributed by atoms with Gasteiger partial charge in [-0.05, 0) is 120 Å². The van der Waals surface area contributed by atoms with Crippen LogP contribution >= 0.6 is 31.7 Å². The number of hydrogen-bond acceptors (Lipinski definition) is 11. The van der Waals surface area contributed by atoms with Gasteiger partial charge in [0, 0.05) is 0 Å². The fraction of sp³-hybridized carbons (Fsp3) is 0.438. The Balaban J connectivity index is 0.000000210. The van der Waals surface area contributed by atoms with E-state index in [4.69, 9.17) is 40.5 Å². The summed E-state index contributed by atoms with van der Waals surface area (Å²) in [6.07, 6.45) is 25.7. The molecule has 4 aliphatic carbocycles. The van der Waals surface area contributed by atoms with Crippen molar-refractivity contribution in [3.05, 3.63) is 121 Å². The second kappa shape index (κ2) is 36.2. The zero-order chi connectivity index (χ0) is 60.8. The SMILES string of the molecule is COc1ccc(S(=O)(=O)[O-])c(OC)c1-c1ccccc1P(C1CCCCC1)C1CCCCC1.COc1ccc(S(=O)(=O)[O-])c(OC)c1-c1ccccc1P(C1CCCCC1)C1CCCCC1.Nc1ccccc1-c1cccc[c]1[Pd+2].[Na][Cl].[Na][Cl]. The predicted molar refractivity (Wildman–Crippen MR) is 346 cm³/mol. The van der Waals surface area contributed by atoms with Crippen molar-refractivity contribution in [3.8, 4) is 56.4 Å². The summed E-state index contributed by atoms with van der Waals surface area (Å²) in [5, 5.41) is 2.59. The van der Waals surface area contributed by atoms with Crippen molar-refractivity contribution in [2.24, 2.45) is 0 Å². The summed E-state index contributed by atoms with van der Waals surface area (Å²) in [5.41, 5.74) is 14.7. The predicted octanol–water partition coefficient (Wildman–Crippen LogP) is 14.8. The van der Waals surface area contributed by atoms with Crippen molar-refractivity contribution >= 4 is 126 Å². The molecule has 0 aliphatic heterocycles. The molecule has 0 radical (unpaired) electrons. The van der Waals surface area contributed by atoms with Gasteiger partial charge in [-0.2, -0.15) is 0 Å². The zero-order valence-corrected chi connectivity index (χ0v) is 59.9. The van der Waals surface area contributed by atoms with Crippen LogP contribution < -0.4 is 39.3 Å². The molecule has 6 aromatic carbocycles. The van der Waals surface area contributed by atoms with Gasteiger partial charge >= 0.3 is 163 Å². The van der Waals surface area contributed by atoms with Gasteiger partial charge in [-0.25, -0.2) is 16.8 Å². The van der Waals surface area contributed by atoms with E-state index in [0.717, 1.165) is 85.3 Å². The molecule has 0 unspecified atom stereocenters. The minimum atomic E-state index is -4.70. The molecular formula is C64H78Cl2NNa2O10P2PdS2. The average molecular weight is 1370 g/mol. The van der Waals surface area contributed by atoms with E-state index in [1.54, 1.807) is 26.4 Å². The summed E-state index contributed by atoms with van der Waals surface area (Å²) >= 11 is 4.78. The van der Waals surface area contributed by atoms with Crippen molar-refractivity contribution in [2.45, 2.75) is 161 Å². The first-order valence-corrected chi connectivity index (χ1v) is 41.8. The topological polar surface area (TPSA) is 177 Å². The Morgan fingerprint density at radius 2 is 0.726 bits per heavy atom. The first kappa shape index (κ1) is 71.3. The van der Waals surface area contributed by atoms with Crippen LogP contribution in [0.15, 0.2) is 131 Å². The number of ether oxygens (including phenoxy) is 4. The maximum absolute atomic E-state index is 12.0. The van der Waals surface area contributed by atoms with Crippen LogP contribution in [-0.4, -0.2) is 130 Å². The molecule has 0 amide bonds. The number of rotatable bonds is 15. The Bertz CT molecular complexity index is 3000. The standard InChI is InChI=1S/2C26H35O5PS.C12H10N.2ClH.2Na.Pd/c2*1-30-22-17-18-24(33(27,28)29)26(31-2)25(22)21-15-9-10-16-23(21)32(19-11-5-3-6-12-19)20-13-7-4-8-14-20;13-12-9-5-4-8-11(12)10-6-2-1-3-7-10;;;;;/h2*9-10,15-20H,3-8,11-14H2,1-2H3,(H,27,28,29);1-6,8-9H,13H2;2*1H;;;/q;;;;;2*+1;+2/p-4. The molecule has 0 aromatic heterocycles. The summed E-state index contributed by atoms with van der Waals surface area (Å²) in [6.45, 7) is 0. The summed E-state index contributed by atoms with van der Waals surface area (Å²) in [6, 6.07) is 38.4. The Hall–Kier alpha value is -1.76. The number of methoxy groups -OCH3 is 4. The van der Waals surface area contributed by atoms with Gasteiger partial charge in [-0.3, -0.25) is 0 Å². The summed E-state index contributed by atoms with van der Waals surface area (Å²) in [5.74, 6) is 1.21. The van der Waals surface area contributed by atoms with Gasteiger partial charge in [-0.15, -0.1) is 0 Å². The van der Waals surface area contributed by atoms with Crippen molar-refractivity contribution in [1.29, 1.82) is 0 Å². The van der Waals surface area contributed by atoms with Crippen molar-refractivity contribution in [3.63, 3.8) is 0 Å². The van der Waals surface area contributed by atoms with Gasteiger partial charge in [0.25, 0.3) is 0 Å². The number of nitrogens with two attached hydrogens (primary N) is 1. The number of anilines is 1. The fourth-order valence-electron chi connectivity index (χ4n) is 12.8. The van der Waals surface area contributed by atoms with E-state index < -0.39 is 36.1 Å². The van der Waals surface area contributed by atoms with Crippen LogP contribution in [0.25, 0.3) is 33.4 Å². The quantitative estimate of drug-likeness (QED) is 0.0448. The molecule has 4 fully saturated rings. The zero-order valence-electron chi connectivity index (χ0n) is 49.4. The van der Waals surface area contributed by atoms with E-state index in [0.29, 0.717) is 45.3 Å². The monoisotopic (exact) mass is 1370 g/mol. The van der Waals surface area contributed by atoms with Gasteiger partial charge in [0.1, 0.15) is 43.2 Å². The van der Waals surface area contributed by atoms with Crippen LogP contribution in [0.5, 0.6) is 23.0 Å². The van der Waals surface area contributed by atoms with Crippen LogP contribution in [0, 0.1) is 0 Å². The van der Waals surface area contributed by atoms with Crippen LogP contribution in [0.2, 0.25) is 0 Å². The molecule has 6 aromatic rings. The molecule has 0 spiro atoms. The van der Waals surface area contributed by atoms with E-state index in [-0.39, 0.29) is 21.3 Å². The number of benzene rings is 6. The van der Waals surface area contributed by atoms with Crippen molar-refractivity contribution in [2.75, 3.05) is 34.2 Å². The molecule has 0 saturated heterocycles. The van der Waals surface area contributed by atoms with Crippen molar-refractivity contribution < 1.29 is 64.1 Å². The van der Waals surface area contributed by atoms with E-state index in [2.05, 4.69) is 49.5 Å². The van der Waals surface area contributed by atoms with Crippen LogP contribution in [0.4, 0.5) is 5.69 Å². The Morgan fingerprint density at radius 1 is 0.429 bits per heavy atom. The summed E-state index contributed by atoms with van der Waals surface area (Å²) < 4.78 is 95.8. The molecule has 10 rings (SSSR count). The van der Waals surface area contributed by atoms with Gasteiger partial charge in [0.15, 0.2) is 0 Å². The normalized spacial score (nSPS) is 16.3. The molecule has 11 nitrogen and oxygen atoms in total. The first-order chi connectivity index (χ1) is 40.7. The average Bonchev–Trinajstić information content (AvgIpc) is 1.85. The van der Waals surface area contributed by atoms with Crippen molar-refractivity contribution in [1.82, 2.24) is 0 Å². The van der Waals surface area contributed by atoms with Gasteiger partial charge < -0.3 is 28.1 Å². The third kappa shape index (κ3) is 18.7. The van der Waals surface area contributed by atoms with E-state index in [9.17, 15) is 25.9 Å². The molecule has 4 saturated carbocycles. The van der Waals surface area contributed by atoms with E-state index in [1.165, 1.54) is 165 Å². The molecule has 447 valence electrons. The minimum absolute atomic E-state index is 0.0824. The first-order valence-electron chi connectivity index (χ1n) is 29.2. The number of hydrogen-bond donors (Lipinski definition) is 1. The second-order valence-corrected chi connectivity index (χ2v) is 30.4. The molecule has 4 aliphatic rings. The van der Waals surface area contributed by atoms with Gasteiger partial charge in [0.05, 0.1) is 49.4 Å². The summed E-state index contributed by atoms with van der Waals surface area (Å²) in [7, 11) is 5.23. The molecule has 0 bridgehead atoms. The third-order valence-electron chi connectivity index (χ3n) is 16.4. The fourth-order valence-corrected chi connectivity index (χ4v) is 22.5. The Kier molecular flexibility index (Phi) is 30.7. The van der Waals surface area contributed by atoms with Crippen LogP contribution in [0.3, 0.4) is 0 Å². The third-order valence-corrected chi connectivity index (χ3v) is 25.9. The maximum atomic E-state index is 12.0. The number of para-hydroxylation sites is 1. The summed E-state index contributed by atoms with van der Waals surface area (Å²) in [4.78, 5) is -0.675. The molecule has 0 atom stereocenters. The van der Waals surface area contributed by atoms with Crippen LogP contribution in [-0.2, 0) is 39.4 Å². The molecular weight excluding hydrogens is 1290 g/mol. The second-order valence-electron chi connectivity index (χ2n) is 21.3.